The lowest BCUT2D eigenvalue weighted by molar-refractivity contribution is 0.241. The van der Waals surface area contributed by atoms with E-state index in [-0.39, 0.29) is 5.56 Å². The Hall–Kier alpha value is -2.66. The summed E-state index contributed by atoms with van der Waals surface area (Å²) in [5.74, 6) is 0.700. The summed E-state index contributed by atoms with van der Waals surface area (Å²) >= 11 is 0. The van der Waals surface area contributed by atoms with Crippen LogP contribution in [-0.2, 0) is 26.1 Å². The van der Waals surface area contributed by atoms with Gasteiger partial charge in [0, 0.05) is 49.2 Å². The fraction of sp³-hybridized carbons (Fsp3) is 0.333. The van der Waals surface area contributed by atoms with Crippen LogP contribution < -0.4 is 5.56 Å². The first-order valence-corrected chi connectivity index (χ1v) is 9.07. The van der Waals surface area contributed by atoms with Gasteiger partial charge in [-0.05, 0) is 25.5 Å². The van der Waals surface area contributed by atoms with Gasteiger partial charge in [0.1, 0.15) is 5.82 Å². The molecule has 1 aliphatic rings. The SMILES string of the molecule is C=CCn1c(C)c(CN2CCc3nc(C)[nH]c(=O)c3C2)c2ccccc21. The third-order valence-corrected chi connectivity index (χ3v) is 5.32. The Morgan fingerprint density at radius 3 is 2.92 bits per heavy atom. The number of aryl methyl sites for hydroxylation is 1. The maximum atomic E-state index is 12.3. The van der Waals surface area contributed by atoms with Crippen molar-refractivity contribution in [3.8, 4) is 0 Å². The van der Waals surface area contributed by atoms with Crippen LogP contribution in [0.1, 0.15) is 28.3 Å². The molecule has 3 aromatic rings. The van der Waals surface area contributed by atoms with Crippen LogP contribution in [-0.4, -0.2) is 26.0 Å². The van der Waals surface area contributed by atoms with Crippen molar-refractivity contribution in [1.29, 1.82) is 0 Å². The fourth-order valence-electron chi connectivity index (χ4n) is 4.03. The summed E-state index contributed by atoms with van der Waals surface area (Å²) in [4.78, 5) is 22.0. The van der Waals surface area contributed by atoms with E-state index in [2.05, 4.69) is 57.2 Å². The molecule has 1 aromatic carbocycles. The Kier molecular flexibility index (Phi) is 4.24. The molecule has 1 aliphatic heterocycles. The van der Waals surface area contributed by atoms with E-state index >= 15 is 0 Å². The van der Waals surface area contributed by atoms with E-state index in [0.717, 1.165) is 37.3 Å². The van der Waals surface area contributed by atoms with Crippen molar-refractivity contribution in [2.24, 2.45) is 0 Å². The van der Waals surface area contributed by atoms with Gasteiger partial charge in [0.05, 0.1) is 11.3 Å². The topological polar surface area (TPSA) is 53.9 Å². The fourth-order valence-corrected chi connectivity index (χ4v) is 4.03. The number of nitrogens with zero attached hydrogens (tertiary/aromatic N) is 3. The highest BCUT2D eigenvalue weighted by molar-refractivity contribution is 5.85. The van der Waals surface area contributed by atoms with Crippen LogP contribution in [0.4, 0.5) is 0 Å². The van der Waals surface area contributed by atoms with E-state index in [0.29, 0.717) is 12.4 Å². The van der Waals surface area contributed by atoms with Crippen molar-refractivity contribution in [2.75, 3.05) is 6.54 Å². The van der Waals surface area contributed by atoms with Gasteiger partial charge in [-0.3, -0.25) is 9.69 Å². The number of benzene rings is 1. The van der Waals surface area contributed by atoms with Crippen molar-refractivity contribution in [3.05, 3.63) is 75.6 Å². The van der Waals surface area contributed by atoms with Gasteiger partial charge in [0.25, 0.3) is 5.56 Å². The molecule has 0 fully saturated rings. The zero-order valence-electron chi connectivity index (χ0n) is 15.4. The lowest BCUT2D eigenvalue weighted by Gasteiger charge is -2.27. The van der Waals surface area contributed by atoms with Crippen molar-refractivity contribution in [1.82, 2.24) is 19.4 Å². The number of fused-ring (bicyclic) bond motifs is 2. The lowest BCUT2D eigenvalue weighted by atomic mass is 10.0. The number of nitrogens with one attached hydrogen (secondary N) is 1. The summed E-state index contributed by atoms with van der Waals surface area (Å²) < 4.78 is 2.31. The molecule has 0 saturated heterocycles. The summed E-state index contributed by atoms with van der Waals surface area (Å²) in [6, 6.07) is 8.52. The first-order chi connectivity index (χ1) is 12.6. The zero-order chi connectivity index (χ0) is 18.3. The van der Waals surface area contributed by atoms with Crippen LogP contribution in [0.15, 0.2) is 41.7 Å². The van der Waals surface area contributed by atoms with E-state index in [4.69, 9.17) is 0 Å². The number of hydrogen-bond donors (Lipinski definition) is 1. The maximum absolute atomic E-state index is 12.3. The van der Waals surface area contributed by atoms with Gasteiger partial charge in [-0.2, -0.15) is 0 Å². The van der Waals surface area contributed by atoms with Crippen LogP contribution in [0.3, 0.4) is 0 Å². The molecular formula is C21H24N4O. The van der Waals surface area contributed by atoms with Crippen molar-refractivity contribution < 1.29 is 0 Å². The Labute approximate surface area is 153 Å². The summed E-state index contributed by atoms with van der Waals surface area (Å²) in [5.41, 5.74) is 5.62. The van der Waals surface area contributed by atoms with Gasteiger partial charge < -0.3 is 9.55 Å². The summed E-state index contributed by atoms with van der Waals surface area (Å²) in [5, 5.41) is 1.29. The first-order valence-electron chi connectivity index (χ1n) is 9.07. The Bertz CT molecular complexity index is 1040. The molecule has 0 aliphatic carbocycles. The number of allylic oxidation sites excluding steroid dienone is 1. The zero-order valence-corrected chi connectivity index (χ0v) is 15.4. The van der Waals surface area contributed by atoms with Crippen molar-refractivity contribution >= 4 is 10.9 Å². The van der Waals surface area contributed by atoms with Gasteiger partial charge in [0.15, 0.2) is 0 Å². The molecule has 5 heteroatoms. The molecule has 2 aromatic heterocycles. The smallest absolute Gasteiger partial charge is 0.255 e. The average Bonchev–Trinajstić information content (AvgIpc) is 2.88. The first kappa shape index (κ1) is 16.8. The van der Waals surface area contributed by atoms with E-state index < -0.39 is 0 Å². The quantitative estimate of drug-likeness (QED) is 0.737. The number of aromatic nitrogens is 3. The predicted molar refractivity (Wildman–Crippen MR) is 104 cm³/mol. The van der Waals surface area contributed by atoms with Gasteiger partial charge in [0.2, 0.25) is 0 Å². The summed E-state index contributed by atoms with van der Waals surface area (Å²) in [6.45, 7) is 11.1. The van der Waals surface area contributed by atoms with Crippen LogP contribution in [0, 0.1) is 13.8 Å². The molecule has 4 rings (SSSR count). The highest BCUT2D eigenvalue weighted by Crippen LogP contribution is 2.28. The predicted octanol–water partition coefficient (Wildman–Crippen LogP) is 3.09. The number of hydrogen-bond acceptors (Lipinski definition) is 3. The van der Waals surface area contributed by atoms with Crippen LogP contribution in [0.25, 0.3) is 10.9 Å². The van der Waals surface area contributed by atoms with E-state index in [1.165, 1.54) is 22.2 Å². The molecule has 3 heterocycles. The lowest BCUT2D eigenvalue weighted by Crippen LogP contribution is -2.35. The van der Waals surface area contributed by atoms with Crippen LogP contribution in [0.5, 0.6) is 0 Å². The molecule has 5 nitrogen and oxygen atoms in total. The monoisotopic (exact) mass is 348 g/mol. The highest BCUT2D eigenvalue weighted by atomic mass is 16.1. The number of rotatable bonds is 4. The summed E-state index contributed by atoms with van der Waals surface area (Å²) in [7, 11) is 0. The second-order valence-corrected chi connectivity index (χ2v) is 7.02. The van der Waals surface area contributed by atoms with E-state index in [1.807, 2.05) is 13.0 Å². The highest BCUT2D eigenvalue weighted by Gasteiger charge is 2.23. The average molecular weight is 348 g/mol. The van der Waals surface area contributed by atoms with Crippen LogP contribution >= 0.6 is 0 Å². The molecule has 0 bridgehead atoms. The Balaban J connectivity index is 1.69. The number of para-hydroxylation sites is 1. The summed E-state index contributed by atoms with van der Waals surface area (Å²) in [6.07, 6.45) is 2.76. The Morgan fingerprint density at radius 1 is 1.31 bits per heavy atom. The van der Waals surface area contributed by atoms with Gasteiger partial charge in [-0.15, -0.1) is 6.58 Å². The molecule has 134 valence electrons. The molecule has 0 amide bonds. The third-order valence-electron chi connectivity index (χ3n) is 5.32. The second-order valence-electron chi connectivity index (χ2n) is 7.02. The molecule has 0 saturated carbocycles. The minimum atomic E-state index is 0.00278. The van der Waals surface area contributed by atoms with Crippen LogP contribution in [0.2, 0.25) is 0 Å². The third kappa shape index (κ3) is 2.78. The molecule has 1 N–H and O–H groups in total. The van der Waals surface area contributed by atoms with E-state index in [9.17, 15) is 4.79 Å². The largest absolute Gasteiger partial charge is 0.341 e. The number of H-pyrrole nitrogens is 1. The maximum Gasteiger partial charge on any atom is 0.255 e. The molecule has 0 radical (unpaired) electrons. The van der Waals surface area contributed by atoms with E-state index in [1.54, 1.807) is 0 Å². The van der Waals surface area contributed by atoms with Gasteiger partial charge >= 0.3 is 0 Å². The molecule has 0 spiro atoms. The van der Waals surface area contributed by atoms with Crippen molar-refractivity contribution in [3.63, 3.8) is 0 Å². The normalized spacial score (nSPS) is 14.5. The van der Waals surface area contributed by atoms with Gasteiger partial charge in [-0.25, -0.2) is 4.98 Å². The molecule has 26 heavy (non-hydrogen) atoms. The molecule has 0 unspecified atom stereocenters. The van der Waals surface area contributed by atoms with Gasteiger partial charge in [-0.1, -0.05) is 24.3 Å². The molecule has 0 atom stereocenters. The minimum absolute atomic E-state index is 0.00278. The standard InChI is InChI=1S/C21H24N4O/c1-4-10-25-14(2)17(16-7-5-6-8-20(16)25)12-24-11-9-19-18(13-24)21(26)23-15(3)22-19/h4-8H,1,9-13H2,2-3H3,(H,22,23,26). The molecular weight excluding hydrogens is 324 g/mol. The number of aromatic amines is 1. The Morgan fingerprint density at radius 2 is 2.12 bits per heavy atom. The van der Waals surface area contributed by atoms with Crippen molar-refractivity contribution in [2.45, 2.75) is 39.9 Å². The minimum Gasteiger partial charge on any atom is -0.341 e. The second kappa shape index (κ2) is 6.57.